The Bertz CT molecular complexity index is 1350. The normalized spacial score (nSPS) is 17.7. The van der Waals surface area contributed by atoms with Crippen LogP contribution in [0.4, 0.5) is 4.79 Å². The Morgan fingerprint density at radius 2 is 1.80 bits per heavy atom. The lowest BCUT2D eigenvalue weighted by Crippen LogP contribution is -2.40. The van der Waals surface area contributed by atoms with Gasteiger partial charge in [0.1, 0.15) is 18.0 Å². The molecule has 0 saturated carbocycles. The third kappa shape index (κ3) is 4.42. The van der Waals surface area contributed by atoms with Crippen LogP contribution in [0.3, 0.4) is 0 Å². The average Bonchev–Trinajstić information content (AvgIpc) is 3.29. The Kier molecular flexibility index (Phi) is 5.86. The Morgan fingerprint density at radius 1 is 1.06 bits per heavy atom. The molecule has 0 unspecified atom stereocenters. The van der Waals surface area contributed by atoms with Crippen molar-refractivity contribution in [2.75, 3.05) is 6.54 Å². The zero-order valence-corrected chi connectivity index (χ0v) is 21.7. The number of carbonyl (C=O) groups excluding carboxylic acids is 1. The number of carbonyl (C=O) groups is 1. The number of aryl methyl sites for hydroxylation is 2. The van der Waals surface area contributed by atoms with E-state index in [2.05, 4.69) is 69.3 Å². The molecule has 1 amide bonds. The summed E-state index contributed by atoms with van der Waals surface area (Å²) < 4.78 is 12.0. The van der Waals surface area contributed by atoms with Crippen molar-refractivity contribution in [3.63, 3.8) is 0 Å². The largest absolute Gasteiger partial charge is 0.488 e. The molecule has 2 aliphatic rings. The molecule has 0 aromatic heterocycles. The molecule has 1 atom stereocenters. The summed E-state index contributed by atoms with van der Waals surface area (Å²) in [6.45, 7) is 13.5. The van der Waals surface area contributed by atoms with Crippen LogP contribution in [0.1, 0.15) is 62.8 Å². The van der Waals surface area contributed by atoms with Crippen molar-refractivity contribution in [2.24, 2.45) is 0 Å². The van der Waals surface area contributed by atoms with Gasteiger partial charge >= 0.3 is 6.09 Å². The van der Waals surface area contributed by atoms with Gasteiger partial charge in [-0.1, -0.05) is 53.6 Å². The molecule has 0 bridgehead atoms. The van der Waals surface area contributed by atoms with E-state index in [0.717, 1.165) is 36.1 Å². The van der Waals surface area contributed by atoms with Crippen LogP contribution >= 0.6 is 0 Å². The molecule has 2 heterocycles. The van der Waals surface area contributed by atoms with Gasteiger partial charge in [-0.2, -0.15) is 0 Å². The molecular weight excluding hydrogens is 434 g/mol. The highest BCUT2D eigenvalue weighted by Crippen LogP contribution is 2.44. The minimum Gasteiger partial charge on any atom is -0.488 e. The van der Waals surface area contributed by atoms with Crippen molar-refractivity contribution in [1.82, 2.24) is 4.90 Å². The van der Waals surface area contributed by atoms with Crippen LogP contribution in [-0.2, 0) is 11.3 Å². The molecule has 4 heteroatoms. The number of likely N-dealkylation sites (tertiary alicyclic amines) is 1. The van der Waals surface area contributed by atoms with E-state index in [1.54, 1.807) is 0 Å². The van der Waals surface area contributed by atoms with Gasteiger partial charge < -0.3 is 14.4 Å². The topological polar surface area (TPSA) is 38.8 Å². The standard InChI is InChI=1S/C31H35NO3/c1-19-9-11-23-22(16-19)18-34-29-25(23)14-13-24-26(29)12-10-20(2)27(24)17-21(3)28-8-7-15-32(28)30(33)35-31(4,5)6/h9-14,16-17,28H,7-8,15,18H2,1-6H3/b21-17+/t28-/m0/s1. The van der Waals surface area contributed by atoms with Crippen LogP contribution < -0.4 is 4.74 Å². The minimum atomic E-state index is -0.496. The van der Waals surface area contributed by atoms with Crippen LogP contribution in [0.25, 0.3) is 28.0 Å². The highest BCUT2D eigenvalue weighted by Gasteiger charge is 2.33. The van der Waals surface area contributed by atoms with E-state index in [9.17, 15) is 4.79 Å². The molecule has 3 aromatic carbocycles. The molecule has 182 valence electrons. The van der Waals surface area contributed by atoms with E-state index in [1.165, 1.54) is 38.8 Å². The molecule has 35 heavy (non-hydrogen) atoms. The first kappa shape index (κ1) is 23.5. The Balaban J connectivity index is 1.54. The number of nitrogens with zero attached hydrogens (tertiary/aromatic N) is 1. The molecule has 0 aliphatic carbocycles. The van der Waals surface area contributed by atoms with Crippen molar-refractivity contribution in [1.29, 1.82) is 0 Å². The number of amides is 1. The first-order chi connectivity index (χ1) is 16.6. The lowest BCUT2D eigenvalue weighted by molar-refractivity contribution is 0.0249. The average molecular weight is 470 g/mol. The summed E-state index contributed by atoms with van der Waals surface area (Å²) in [4.78, 5) is 14.7. The van der Waals surface area contributed by atoms with Crippen LogP contribution in [0, 0.1) is 13.8 Å². The predicted octanol–water partition coefficient (Wildman–Crippen LogP) is 7.82. The highest BCUT2D eigenvalue weighted by molar-refractivity contribution is 6.01. The van der Waals surface area contributed by atoms with Crippen LogP contribution in [0.2, 0.25) is 0 Å². The zero-order valence-electron chi connectivity index (χ0n) is 21.7. The van der Waals surface area contributed by atoms with Gasteiger partial charge in [-0.15, -0.1) is 0 Å². The fourth-order valence-corrected chi connectivity index (χ4v) is 5.43. The zero-order chi connectivity index (χ0) is 24.9. The van der Waals surface area contributed by atoms with Gasteiger partial charge in [0.15, 0.2) is 0 Å². The second kappa shape index (κ2) is 8.75. The van der Waals surface area contributed by atoms with Crippen molar-refractivity contribution in [3.8, 4) is 16.9 Å². The molecule has 1 saturated heterocycles. The summed E-state index contributed by atoms with van der Waals surface area (Å²) in [5.74, 6) is 0.961. The van der Waals surface area contributed by atoms with Gasteiger partial charge in [-0.25, -0.2) is 4.79 Å². The third-order valence-electron chi connectivity index (χ3n) is 7.11. The second-order valence-electron chi connectivity index (χ2n) is 11.0. The summed E-state index contributed by atoms with van der Waals surface area (Å²) in [6.07, 6.45) is 3.99. The summed E-state index contributed by atoms with van der Waals surface area (Å²) >= 11 is 0. The third-order valence-corrected chi connectivity index (χ3v) is 7.11. The molecule has 0 spiro atoms. The van der Waals surface area contributed by atoms with E-state index in [4.69, 9.17) is 9.47 Å². The lowest BCUT2D eigenvalue weighted by Gasteiger charge is -2.29. The first-order valence-electron chi connectivity index (χ1n) is 12.6. The fourth-order valence-electron chi connectivity index (χ4n) is 5.43. The molecule has 2 aliphatic heterocycles. The number of fused-ring (bicyclic) bond motifs is 5. The maximum atomic E-state index is 12.8. The minimum absolute atomic E-state index is 0.0588. The predicted molar refractivity (Wildman–Crippen MR) is 143 cm³/mol. The number of hydrogen-bond acceptors (Lipinski definition) is 3. The smallest absolute Gasteiger partial charge is 0.410 e. The van der Waals surface area contributed by atoms with Gasteiger partial charge in [-0.3, -0.25) is 0 Å². The van der Waals surface area contributed by atoms with Crippen molar-refractivity contribution in [3.05, 3.63) is 70.3 Å². The summed E-state index contributed by atoms with van der Waals surface area (Å²) in [7, 11) is 0. The fraction of sp³-hybridized carbons (Fsp3) is 0.387. The van der Waals surface area contributed by atoms with E-state index in [-0.39, 0.29) is 12.1 Å². The summed E-state index contributed by atoms with van der Waals surface area (Å²) in [6, 6.07) is 15.4. The monoisotopic (exact) mass is 469 g/mol. The maximum absolute atomic E-state index is 12.8. The van der Waals surface area contributed by atoms with Crippen molar-refractivity contribution in [2.45, 2.75) is 72.6 Å². The number of rotatable bonds is 2. The number of benzene rings is 3. The number of hydrogen-bond donors (Lipinski definition) is 0. The number of ether oxygens (including phenoxy) is 2. The second-order valence-corrected chi connectivity index (χ2v) is 11.0. The van der Waals surface area contributed by atoms with Gasteiger partial charge in [0.25, 0.3) is 0 Å². The Hall–Kier alpha value is -3.27. The maximum Gasteiger partial charge on any atom is 0.410 e. The molecular formula is C31H35NO3. The van der Waals surface area contributed by atoms with Gasteiger partial charge in [0.2, 0.25) is 0 Å². The molecule has 3 aromatic rings. The SMILES string of the molecule is C/C(=C\c1c(C)ccc2c3c(ccc12)-c1ccc(C)cc1CO3)[C@@H]1CCCN1C(=O)OC(C)(C)C. The van der Waals surface area contributed by atoms with Crippen LogP contribution in [0.5, 0.6) is 5.75 Å². The van der Waals surface area contributed by atoms with E-state index >= 15 is 0 Å². The van der Waals surface area contributed by atoms with Crippen molar-refractivity contribution < 1.29 is 14.3 Å². The van der Waals surface area contributed by atoms with Gasteiger partial charge in [0.05, 0.1) is 6.04 Å². The summed E-state index contributed by atoms with van der Waals surface area (Å²) in [5.41, 5.74) is 7.99. The van der Waals surface area contributed by atoms with Gasteiger partial charge in [-0.05, 0) is 88.1 Å². The lowest BCUT2D eigenvalue weighted by atomic mass is 9.90. The Labute approximate surface area is 208 Å². The van der Waals surface area contributed by atoms with Gasteiger partial charge in [0, 0.05) is 17.5 Å². The molecule has 0 N–H and O–H groups in total. The molecule has 5 rings (SSSR count). The quantitative estimate of drug-likeness (QED) is 0.384. The van der Waals surface area contributed by atoms with E-state index < -0.39 is 5.60 Å². The van der Waals surface area contributed by atoms with E-state index in [1.807, 2.05) is 25.7 Å². The highest BCUT2D eigenvalue weighted by atomic mass is 16.6. The van der Waals surface area contributed by atoms with Crippen LogP contribution in [-0.4, -0.2) is 29.2 Å². The van der Waals surface area contributed by atoms with E-state index in [0.29, 0.717) is 6.61 Å². The molecule has 1 fully saturated rings. The summed E-state index contributed by atoms with van der Waals surface area (Å²) in [5, 5.41) is 2.31. The molecule has 0 radical (unpaired) electrons. The first-order valence-corrected chi connectivity index (χ1v) is 12.6. The molecule has 4 nitrogen and oxygen atoms in total. The van der Waals surface area contributed by atoms with Crippen LogP contribution in [0.15, 0.2) is 48.0 Å². The Morgan fingerprint density at radius 3 is 2.57 bits per heavy atom. The van der Waals surface area contributed by atoms with Crippen molar-refractivity contribution >= 4 is 22.9 Å².